The van der Waals surface area contributed by atoms with Crippen molar-refractivity contribution in [1.29, 1.82) is 0 Å². The second kappa shape index (κ2) is 7.63. The van der Waals surface area contributed by atoms with Crippen molar-refractivity contribution in [3.8, 4) is 0 Å². The van der Waals surface area contributed by atoms with Gasteiger partial charge in [0, 0.05) is 23.6 Å². The van der Waals surface area contributed by atoms with Gasteiger partial charge in [-0.05, 0) is 37.5 Å². The fourth-order valence-corrected chi connectivity index (χ4v) is 1.79. The number of halogens is 1. The number of carbonyl (C=O) groups excluding carboxylic acids is 1. The Balaban J connectivity index is 2.37. The van der Waals surface area contributed by atoms with Gasteiger partial charge in [-0.15, -0.1) is 0 Å². The molecule has 1 aromatic carbocycles. The van der Waals surface area contributed by atoms with Crippen LogP contribution < -0.4 is 11.1 Å². The monoisotopic (exact) mass is 283 g/mol. The molecule has 4 N–H and O–H groups in total. The van der Waals surface area contributed by atoms with Gasteiger partial charge in [0.15, 0.2) is 0 Å². The average molecular weight is 284 g/mol. The average Bonchev–Trinajstić information content (AvgIpc) is 2.40. The van der Waals surface area contributed by atoms with Crippen molar-refractivity contribution in [2.24, 2.45) is 10.9 Å². The first-order chi connectivity index (χ1) is 9.04. The zero-order chi connectivity index (χ0) is 14.3. The highest BCUT2D eigenvalue weighted by Gasteiger charge is 2.08. The molecule has 1 rings (SSSR count). The lowest BCUT2D eigenvalue weighted by molar-refractivity contribution is 0.0952. The number of hydrogen-bond acceptors (Lipinski definition) is 3. The van der Waals surface area contributed by atoms with E-state index in [0.29, 0.717) is 23.6 Å². The summed E-state index contributed by atoms with van der Waals surface area (Å²) in [5.41, 5.74) is 6.82. The maximum atomic E-state index is 11.9. The summed E-state index contributed by atoms with van der Waals surface area (Å²) >= 11 is 5.86. The van der Waals surface area contributed by atoms with Gasteiger partial charge in [-0.1, -0.05) is 22.8 Å². The zero-order valence-corrected chi connectivity index (χ0v) is 11.6. The Morgan fingerprint density at radius 3 is 2.89 bits per heavy atom. The van der Waals surface area contributed by atoms with Gasteiger partial charge in [-0.3, -0.25) is 4.79 Å². The van der Waals surface area contributed by atoms with E-state index >= 15 is 0 Å². The van der Waals surface area contributed by atoms with E-state index in [1.54, 1.807) is 12.1 Å². The molecule has 0 fully saturated rings. The lowest BCUT2D eigenvalue weighted by Crippen LogP contribution is -2.25. The van der Waals surface area contributed by atoms with E-state index in [4.69, 9.17) is 22.5 Å². The molecule has 0 aromatic heterocycles. The minimum atomic E-state index is -0.135. The molecule has 0 unspecified atom stereocenters. The van der Waals surface area contributed by atoms with E-state index in [2.05, 4.69) is 10.5 Å². The van der Waals surface area contributed by atoms with E-state index in [-0.39, 0.29) is 11.7 Å². The van der Waals surface area contributed by atoms with Crippen LogP contribution in [0, 0.1) is 6.92 Å². The molecular formula is C13H18ClN3O2. The molecule has 0 aliphatic carbocycles. The van der Waals surface area contributed by atoms with Crippen molar-refractivity contribution in [2.45, 2.75) is 26.2 Å². The molecule has 0 saturated heterocycles. The Labute approximate surface area is 117 Å². The highest BCUT2D eigenvalue weighted by molar-refractivity contribution is 6.31. The highest BCUT2D eigenvalue weighted by Crippen LogP contribution is 2.15. The lowest BCUT2D eigenvalue weighted by Gasteiger charge is -2.08. The largest absolute Gasteiger partial charge is 0.409 e. The molecular weight excluding hydrogens is 266 g/mol. The molecule has 6 heteroatoms. The minimum absolute atomic E-state index is 0.135. The smallest absolute Gasteiger partial charge is 0.251 e. The Hall–Kier alpha value is -1.75. The van der Waals surface area contributed by atoms with Crippen LogP contribution in [0.3, 0.4) is 0 Å². The van der Waals surface area contributed by atoms with Gasteiger partial charge in [-0.2, -0.15) is 0 Å². The van der Waals surface area contributed by atoms with Crippen LogP contribution in [0.1, 0.15) is 35.2 Å². The standard InChI is InChI=1S/C13H18ClN3O2/c1-9-5-6-10(14)8-11(9)13(18)16-7-3-2-4-12(15)17-19/h5-6,8,19H,2-4,7H2,1H3,(H2,15,17)(H,16,18). The second-order valence-electron chi connectivity index (χ2n) is 4.26. The van der Waals surface area contributed by atoms with Crippen molar-refractivity contribution < 1.29 is 10.0 Å². The molecule has 1 aromatic rings. The van der Waals surface area contributed by atoms with E-state index in [9.17, 15) is 4.79 Å². The topological polar surface area (TPSA) is 87.7 Å². The van der Waals surface area contributed by atoms with E-state index in [0.717, 1.165) is 18.4 Å². The quantitative estimate of drug-likeness (QED) is 0.246. The summed E-state index contributed by atoms with van der Waals surface area (Å²) in [6.07, 6.45) is 2.04. The van der Waals surface area contributed by atoms with E-state index in [1.165, 1.54) is 0 Å². The molecule has 0 radical (unpaired) electrons. The van der Waals surface area contributed by atoms with Crippen LogP contribution in [-0.4, -0.2) is 23.5 Å². The Bertz CT molecular complexity index is 475. The van der Waals surface area contributed by atoms with Gasteiger partial charge in [0.05, 0.1) is 0 Å². The number of benzene rings is 1. The summed E-state index contributed by atoms with van der Waals surface area (Å²) in [5.74, 6) is 0.0702. The molecule has 0 saturated carbocycles. The first kappa shape index (κ1) is 15.3. The van der Waals surface area contributed by atoms with Crippen molar-refractivity contribution in [3.63, 3.8) is 0 Å². The highest BCUT2D eigenvalue weighted by atomic mass is 35.5. The van der Waals surface area contributed by atoms with Crippen LogP contribution >= 0.6 is 11.6 Å². The molecule has 0 bridgehead atoms. The third-order valence-corrected chi connectivity index (χ3v) is 2.95. The maximum absolute atomic E-state index is 11.9. The Morgan fingerprint density at radius 1 is 1.47 bits per heavy atom. The molecule has 19 heavy (non-hydrogen) atoms. The van der Waals surface area contributed by atoms with Crippen molar-refractivity contribution in [1.82, 2.24) is 5.32 Å². The number of nitrogens with one attached hydrogen (secondary N) is 1. The normalized spacial score (nSPS) is 11.4. The third kappa shape index (κ3) is 5.18. The van der Waals surface area contributed by atoms with Crippen LogP contribution in [0.4, 0.5) is 0 Å². The molecule has 0 heterocycles. The van der Waals surface area contributed by atoms with Crippen molar-refractivity contribution in [3.05, 3.63) is 34.3 Å². The van der Waals surface area contributed by atoms with Crippen LogP contribution in [0.25, 0.3) is 0 Å². The number of oxime groups is 1. The fourth-order valence-electron chi connectivity index (χ4n) is 1.62. The molecule has 104 valence electrons. The molecule has 5 nitrogen and oxygen atoms in total. The predicted molar refractivity (Wildman–Crippen MR) is 75.8 cm³/mol. The number of unbranched alkanes of at least 4 members (excludes halogenated alkanes) is 1. The first-order valence-corrected chi connectivity index (χ1v) is 6.43. The fraction of sp³-hybridized carbons (Fsp3) is 0.385. The summed E-state index contributed by atoms with van der Waals surface area (Å²) < 4.78 is 0. The van der Waals surface area contributed by atoms with Gasteiger partial charge in [0.2, 0.25) is 0 Å². The van der Waals surface area contributed by atoms with Crippen molar-refractivity contribution in [2.75, 3.05) is 6.54 Å². The maximum Gasteiger partial charge on any atom is 0.251 e. The van der Waals surface area contributed by atoms with E-state index < -0.39 is 0 Å². The SMILES string of the molecule is Cc1ccc(Cl)cc1C(=O)NCCCC/C(N)=N/O. The zero-order valence-electron chi connectivity index (χ0n) is 10.8. The van der Waals surface area contributed by atoms with Crippen LogP contribution in [0.2, 0.25) is 5.02 Å². The third-order valence-electron chi connectivity index (χ3n) is 2.72. The summed E-state index contributed by atoms with van der Waals surface area (Å²) in [7, 11) is 0. The van der Waals surface area contributed by atoms with Gasteiger partial charge < -0.3 is 16.3 Å². The summed E-state index contributed by atoms with van der Waals surface area (Å²) in [4.78, 5) is 11.9. The number of nitrogens with two attached hydrogens (primary N) is 1. The van der Waals surface area contributed by atoms with Gasteiger partial charge >= 0.3 is 0 Å². The molecule has 0 spiro atoms. The molecule has 1 amide bonds. The lowest BCUT2D eigenvalue weighted by atomic mass is 10.1. The van der Waals surface area contributed by atoms with Gasteiger partial charge in [0.1, 0.15) is 5.84 Å². The van der Waals surface area contributed by atoms with E-state index in [1.807, 2.05) is 13.0 Å². The number of amides is 1. The first-order valence-electron chi connectivity index (χ1n) is 6.05. The Morgan fingerprint density at radius 2 is 2.21 bits per heavy atom. The molecule has 0 aliphatic heterocycles. The van der Waals surface area contributed by atoms with Gasteiger partial charge in [-0.25, -0.2) is 0 Å². The number of rotatable bonds is 6. The Kier molecular flexibility index (Phi) is 6.15. The number of aryl methyl sites for hydroxylation is 1. The van der Waals surface area contributed by atoms with Gasteiger partial charge in [0.25, 0.3) is 5.91 Å². The predicted octanol–water partition coefficient (Wildman–Crippen LogP) is 2.29. The number of hydrogen-bond donors (Lipinski definition) is 3. The van der Waals surface area contributed by atoms with Crippen LogP contribution in [-0.2, 0) is 0 Å². The van der Waals surface area contributed by atoms with Crippen LogP contribution in [0.15, 0.2) is 23.4 Å². The summed E-state index contributed by atoms with van der Waals surface area (Å²) in [6, 6.07) is 5.23. The number of carbonyl (C=O) groups is 1. The van der Waals surface area contributed by atoms with Crippen molar-refractivity contribution >= 4 is 23.3 Å². The van der Waals surface area contributed by atoms with Crippen LogP contribution in [0.5, 0.6) is 0 Å². The second-order valence-corrected chi connectivity index (χ2v) is 4.70. The number of nitrogens with zero attached hydrogens (tertiary/aromatic N) is 1. The number of amidine groups is 1. The molecule has 0 aliphatic rings. The summed E-state index contributed by atoms with van der Waals surface area (Å²) in [6.45, 7) is 2.41. The minimum Gasteiger partial charge on any atom is -0.409 e. The molecule has 0 atom stereocenters. The summed E-state index contributed by atoms with van der Waals surface area (Å²) in [5, 5.41) is 14.6.